The lowest BCUT2D eigenvalue weighted by Crippen LogP contribution is -2.35. The number of para-hydroxylation sites is 1. The smallest absolute Gasteiger partial charge is 0.138 e. The number of carbonyl (C=O) groups is 1. The summed E-state index contributed by atoms with van der Waals surface area (Å²) in [6.07, 6.45) is 5.58. The van der Waals surface area contributed by atoms with Crippen molar-refractivity contribution in [2.75, 3.05) is 0 Å². The first kappa shape index (κ1) is 21.7. The predicted molar refractivity (Wildman–Crippen MR) is 130 cm³/mol. The van der Waals surface area contributed by atoms with Crippen molar-refractivity contribution in [3.8, 4) is 10.6 Å². The highest BCUT2D eigenvalue weighted by Gasteiger charge is 2.30. The Balaban J connectivity index is 1.66. The third kappa shape index (κ3) is 4.53. The number of carbonyl (C=O) groups excluding carboxylic acids is 1. The molecule has 3 heterocycles. The zero-order valence-electron chi connectivity index (χ0n) is 18.5. The van der Waals surface area contributed by atoms with Crippen molar-refractivity contribution in [2.24, 2.45) is 5.92 Å². The van der Waals surface area contributed by atoms with Gasteiger partial charge in [0.1, 0.15) is 10.8 Å². The van der Waals surface area contributed by atoms with E-state index in [0.717, 1.165) is 29.8 Å². The van der Waals surface area contributed by atoms with Gasteiger partial charge in [-0.1, -0.05) is 38.8 Å². The lowest BCUT2D eigenvalue weighted by molar-refractivity contribution is -0.118. The summed E-state index contributed by atoms with van der Waals surface area (Å²) in [5, 5.41) is 4.75. The summed E-state index contributed by atoms with van der Waals surface area (Å²) >= 11 is 3.59. The molecule has 160 valence electrons. The molecule has 0 saturated carbocycles. The normalized spacial score (nSPS) is 19.7. The standard InChI is InChI=1S/C25H32N2OS2/c1-5-15(2)9-8-10-18(28)14-22-23(19-13-16(3)26-17(4)24(19)29-22)25-27-20-11-6-7-12-21(20)30-25/h6-7,11-12,15-17,26H,5,8-10,13-14H2,1-4H3/t15-,16-,17+/m0/s1. The minimum absolute atomic E-state index is 0.330. The summed E-state index contributed by atoms with van der Waals surface area (Å²) in [7, 11) is 0. The van der Waals surface area contributed by atoms with Gasteiger partial charge in [0.25, 0.3) is 0 Å². The van der Waals surface area contributed by atoms with Crippen LogP contribution in [0.2, 0.25) is 0 Å². The average molecular weight is 441 g/mol. The van der Waals surface area contributed by atoms with Crippen LogP contribution in [0.5, 0.6) is 0 Å². The molecule has 4 rings (SSSR count). The number of ketones is 1. The lowest BCUT2D eigenvalue weighted by atomic mass is 9.93. The minimum Gasteiger partial charge on any atom is -0.307 e. The van der Waals surface area contributed by atoms with Crippen molar-refractivity contribution in [2.45, 2.75) is 78.3 Å². The first-order valence-corrected chi connectivity index (χ1v) is 12.9. The van der Waals surface area contributed by atoms with Crippen LogP contribution in [0.1, 0.15) is 74.7 Å². The second kappa shape index (κ2) is 9.29. The number of hydrogen-bond donors (Lipinski definition) is 1. The summed E-state index contributed by atoms with van der Waals surface area (Å²) in [5.41, 5.74) is 3.73. The van der Waals surface area contributed by atoms with Gasteiger partial charge in [0.05, 0.1) is 10.2 Å². The summed E-state index contributed by atoms with van der Waals surface area (Å²) in [6, 6.07) is 9.11. The molecule has 1 N–H and O–H groups in total. The van der Waals surface area contributed by atoms with E-state index in [1.165, 1.54) is 32.0 Å². The SMILES string of the molecule is CC[C@H](C)CCCC(=O)Cc1sc2c(c1-c1nc3ccccc3s1)C[C@H](C)N[C@@H]2C. The van der Waals surface area contributed by atoms with E-state index in [2.05, 4.69) is 51.2 Å². The predicted octanol–water partition coefficient (Wildman–Crippen LogP) is 6.95. The number of aromatic nitrogens is 1. The van der Waals surface area contributed by atoms with Gasteiger partial charge in [0.15, 0.2) is 0 Å². The van der Waals surface area contributed by atoms with E-state index >= 15 is 0 Å². The fourth-order valence-corrected chi connectivity index (χ4v) is 6.93. The van der Waals surface area contributed by atoms with Gasteiger partial charge in [-0.2, -0.15) is 0 Å². The highest BCUT2D eigenvalue weighted by atomic mass is 32.1. The van der Waals surface area contributed by atoms with Crippen LogP contribution >= 0.6 is 22.7 Å². The highest BCUT2D eigenvalue weighted by Crippen LogP contribution is 2.45. The summed E-state index contributed by atoms with van der Waals surface area (Å²) in [5.74, 6) is 1.08. The van der Waals surface area contributed by atoms with Crippen LogP contribution in [0.15, 0.2) is 24.3 Å². The molecule has 0 fully saturated rings. The number of rotatable bonds is 8. The molecule has 2 aromatic heterocycles. The molecule has 0 radical (unpaired) electrons. The molecular formula is C25H32N2OS2. The Kier molecular flexibility index (Phi) is 6.71. The molecule has 30 heavy (non-hydrogen) atoms. The quantitative estimate of drug-likeness (QED) is 0.412. The number of thiazole rings is 1. The van der Waals surface area contributed by atoms with Gasteiger partial charge >= 0.3 is 0 Å². The Bertz CT molecular complexity index is 1000. The lowest BCUT2D eigenvalue weighted by Gasteiger charge is -2.26. The largest absolute Gasteiger partial charge is 0.307 e. The summed E-state index contributed by atoms with van der Waals surface area (Å²) in [6.45, 7) is 8.99. The van der Waals surface area contributed by atoms with Gasteiger partial charge in [0, 0.05) is 40.2 Å². The Labute approximate surface area is 187 Å². The molecular weight excluding hydrogens is 408 g/mol. The molecule has 0 saturated heterocycles. The van der Waals surface area contributed by atoms with E-state index in [-0.39, 0.29) is 0 Å². The van der Waals surface area contributed by atoms with E-state index in [9.17, 15) is 4.79 Å². The third-order valence-electron chi connectivity index (χ3n) is 6.26. The Hall–Kier alpha value is -1.56. The second-order valence-electron chi connectivity index (χ2n) is 8.84. The van der Waals surface area contributed by atoms with Crippen LogP contribution in [0.3, 0.4) is 0 Å². The molecule has 0 aliphatic carbocycles. The average Bonchev–Trinajstić information content (AvgIpc) is 3.28. The van der Waals surface area contributed by atoms with Crippen LogP contribution in [-0.4, -0.2) is 16.8 Å². The van der Waals surface area contributed by atoms with Crippen LogP contribution in [0.4, 0.5) is 0 Å². The first-order chi connectivity index (χ1) is 14.5. The molecule has 0 spiro atoms. The maximum atomic E-state index is 12.9. The van der Waals surface area contributed by atoms with Crippen molar-refractivity contribution in [1.82, 2.24) is 10.3 Å². The molecule has 3 aromatic rings. The molecule has 3 nitrogen and oxygen atoms in total. The van der Waals surface area contributed by atoms with E-state index < -0.39 is 0 Å². The Morgan fingerprint density at radius 3 is 2.83 bits per heavy atom. The zero-order chi connectivity index (χ0) is 21.3. The maximum Gasteiger partial charge on any atom is 0.138 e. The van der Waals surface area contributed by atoms with Gasteiger partial charge in [-0.05, 0) is 50.3 Å². The number of nitrogens with zero attached hydrogens (tertiary/aromatic N) is 1. The van der Waals surface area contributed by atoms with Gasteiger partial charge in [0.2, 0.25) is 0 Å². The van der Waals surface area contributed by atoms with E-state index in [1.807, 2.05) is 17.4 Å². The third-order valence-corrected chi connectivity index (χ3v) is 8.73. The summed E-state index contributed by atoms with van der Waals surface area (Å²) in [4.78, 5) is 20.5. The van der Waals surface area contributed by atoms with Gasteiger partial charge in [-0.15, -0.1) is 22.7 Å². The number of fused-ring (bicyclic) bond motifs is 2. The monoisotopic (exact) mass is 440 g/mol. The molecule has 0 bridgehead atoms. The van der Waals surface area contributed by atoms with E-state index in [1.54, 1.807) is 11.3 Å². The second-order valence-corrected chi connectivity index (χ2v) is 11.0. The fourth-order valence-electron chi connectivity index (χ4n) is 4.43. The van der Waals surface area contributed by atoms with Crippen LogP contribution < -0.4 is 5.32 Å². The van der Waals surface area contributed by atoms with Crippen LogP contribution in [0.25, 0.3) is 20.8 Å². The number of Topliss-reactive ketones (excluding diaryl/α,β-unsaturated/α-hetero) is 1. The zero-order valence-corrected chi connectivity index (χ0v) is 20.1. The Morgan fingerprint density at radius 1 is 1.27 bits per heavy atom. The van der Waals surface area contributed by atoms with Crippen molar-refractivity contribution < 1.29 is 4.79 Å². The summed E-state index contributed by atoms with van der Waals surface area (Å²) < 4.78 is 1.22. The van der Waals surface area contributed by atoms with Crippen LogP contribution in [-0.2, 0) is 17.6 Å². The van der Waals surface area contributed by atoms with Crippen molar-refractivity contribution >= 4 is 38.7 Å². The molecule has 1 aliphatic heterocycles. The molecule has 0 unspecified atom stereocenters. The molecule has 0 amide bonds. The first-order valence-electron chi connectivity index (χ1n) is 11.2. The maximum absolute atomic E-state index is 12.9. The molecule has 1 aliphatic rings. The van der Waals surface area contributed by atoms with Crippen molar-refractivity contribution in [3.05, 3.63) is 39.6 Å². The van der Waals surface area contributed by atoms with Crippen molar-refractivity contribution in [1.29, 1.82) is 0 Å². The fraction of sp³-hybridized carbons (Fsp3) is 0.520. The highest BCUT2D eigenvalue weighted by molar-refractivity contribution is 7.22. The van der Waals surface area contributed by atoms with E-state index in [0.29, 0.717) is 36.6 Å². The van der Waals surface area contributed by atoms with Gasteiger partial charge in [-0.3, -0.25) is 4.79 Å². The number of nitrogens with one attached hydrogen (secondary N) is 1. The van der Waals surface area contributed by atoms with Crippen LogP contribution in [0, 0.1) is 5.92 Å². The van der Waals surface area contributed by atoms with Crippen molar-refractivity contribution in [3.63, 3.8) is 0 Å². The van der Waals surface area contributed by atoms with E-state index in [4.69, 9.17) is 4.98 Å². The Morgan fingerprint density at radius 2 is 2.07 bits per heavy atom. The van der Waals surface area contributed by atoms with Gasteiger partial charge in [-0.25, -0.2) is 4.98 Å². The number of thiophene rings is 1. The molecule has 5 heteroatoms. The molecule has 1 aromatic carbocycles. The van der Waals surface area contributed by atoms with Gasteiger partial charge < -0.3 is 5.32 Å². The topological polar surface area (TPSA) is 42.0 Å². The number of benzene rings is 1. The minimum atomic E-state index is 0.330. The molecule has 3 atom stereocenters. The number of hydrogen-bond acceptors (Lipinski definition) is 5.